The molecule has 0 fully saturated rings. The molecule has 0 radical (unpaired) electrons. The number of benzene rings is 2. The summed E-state index contributed by atoms with van der Waals surface area (Å²) in [5.74, 6) is -2.33. The number of esters is 1. The van der Waals surface area contributed by atoms with Gasteiger partial charge in [0.1, 0.15) is 17.4 Å². The van der Waals surface area contributed by atoms with Crippen molar-refractivity contribution >= 4 is 33.5 Å². The van der Waals surface area contributed by atoms with E-state index in [-0.39, 0.29) is 11.4 Å². The Morgan fingerprint density at radius 1 is 1.04 bits per heavy atom. The van der Waals surface area contributed by atoms with E-state index in [0.717, 1.165) is 0 Å². The zero-order valence-electron chi connectivity index (χ0n) is 13.7. The quantitative estimate of drug-likeness (QED) is 0.585. The molecular weight excluding hydrogens is 424 g/mol. The van der Waals surface area contributed by atoms with Crippen molar-refractivity contribution in [3.63, 3.8) is 0 Å². The van der Waals surface area contributed by atoms with Gasteiger partial charge in [0, 0.05) is 10.0 Å². The first-order chi connectivity index (χ1) is 12.9. The summed E-state index contributed by atoms with van der Waals surface area (Å²) in [6, 6.07) is 12.6. The second-order valence-electron chi connectivity index (χ2n) is 5.42. The Morgan fingerprint density at radius 2 is 1.78 bits per heavy atom. The van der Waals surface area contributed by atoms with Gasteiger partial charge in [-0.05, 0) is 54.6 Å². The summed E-state index contributed by atoms with van der Waals surface area (Å²) in [5, 5.41) is 2.30. The number of ether oxygens (including phenoxy) is 1. The SMILES string of the molecule is O=C(COC(=O)c1ccc(-c2ccc(F)cc2)o1)Nc1ccc(Br)cc1F. The van der Waals surface area contributed by atoms with Crippen LogP contribution in [-0.2, 0) is 9.53 Å². The number of halogens is 3. The Morgan fingerprint density at radius 3 is 2.48 bits per heavy atom. The van der Waals surface area contributed by atoms with E-state index in [9.17, 15) is 18.4 Å². The van der Waals surface area contributed by atoms with E-state index in [1.165, 1.54) is 48.5 Å². The van der Waals surface area contributed by atoms with Crippen LogP contribution in [0.2, 0.25) is 0 Å². The van der Waals surface area contributed by atoms with Crippen molar-refractivity contribution in [1.29, 1.82) is 0 Å². The van der Waals surface area contributed by atoms with E-state index in [1.54, 1.807) is 6.07 Å². The van der Waals surface area contributed by atoms with E-state index >= 15 is 0 Å². The topological polar surface area (TPSA) is 68.5 Å². The molecule has 1 aromatic heterocycles. The average Bonchev–Trinajstić information content (AvgIpc) is 3.13. The number of furan rings is 1. The van der Waals surface area contributed by atoms with Gasteiger partial charge in [-0.25, -0.2) is 13.6 Å². The molecule has 27 heavy (non-hydrogen) atoms. The van der Waals surface area contributed by atoms with Crippen LogP contribution in [0, 0.1) is 11.6 Å². The standard InChI is InChI=1S/C19H12BrF2NO4/c20-12-3-6-15(14(22)9-12)23-18(24)10-26-19(25)17-8-7-16(27-17)11-1-4-13(21)5-2-11/h1-9H,10H2,(H,23,24). The molecule has 0 saturated carbocycles. The molecule has 1 heterocycles. The van der Waals surface area contributed by atoms with Crippen LogP contribution in [0.4, 0.5) is 14.5 Å². The van der Waals surface area contributed by atoms with Crippen molar-refractivity contribution in [2.75, 3.05) is 11.9 Å². The van der Waals surface area contributed by atoms with Gasteiger partial charge in [-0.15, -0.1) is 0 Å². The zero-order chi connectivity index (χ0) is 19.4. The Labute approximate surface area is 161 Å². The second-order valence-corrected chi connectivity index (χ2v) is 6.33. The molecule has 0 aliphatic heterocycles. The predicted octanol–water partition coefficient (Wildman–Crippen LogP) is 4.78. The van der Waals surface area contributed by atoms with Crippen molar-refractivity contribution in [2.24, 2.45) is 0 Å². The lowest BCUT2D eigenvalue weighted by Crippen LogP contribution is -2.21. The Balaban J connectivity index is 1.57. The van der Waals surface area contributed by atoms with E-state index in [2.05, 4.69) is 21.2 Å². The van der Waals surface area contributed by atoms with Crippen LogP contribution >= 0.6 is 15.9 Å². The van der Waals surface area contributed by atoms with Gasteiger partial charge in [-0.2, -0.15) is 0 Å². The fourth-order valence-electron chi connectivity index (χ4n) is 2.20. The number of hydrogen-bond donors (Lipinski definition) is 1. The molecule has 8 heteroatoms. The van der Waals surface area contributed by atoms with Gasteiger partial charge in [-0.3, -0.25) is 4.79 Å². The monoisotopic (exact) mass is 435 g/mol. The second kappa shape index (κ2) is 8.13. The molecule has 0 atom stereocenters. The summed E-state index contributed by atoms with van der Waals surface area (Å²) in [6.07, 6.45) is 0. The first kappa shape index (κ1) is 18.8. The molecule has 1 amide bonds. The lowest BCUT2D eigenvalue weighted by atomic mass is 10.2. The number of carbonyl (C=O) groups excluding carboxylic acids is 2. The van der Waals surface area contributed by atoms with Crippen molar-refractivity contribution in [3.8, 4) is 11.3 Å². The molecule has 0 bridgehead atoms. The van der Waals surface area contributed by atoms with Crippen LogP contribution in [-0.4, -0.2) is 18.5 Å². The highest BCUT2D eigenvalue weighted by Crippen LogP contribution is 2.23. The highest BCUT2D eigenvalue weighted by molar-refractivity contribution is 9.10. The number of amides is 1. The van der Waals surface area contributed by atoms with Crippen LogP contribution < -0.4 is 5.32 Å². The maximum Gasteiger partial charge on any atom is 0.374 e. The van der Waals surface area contributed by atoms with Crippen LogP contribution in [0.25, 0.3) is 11.3 Å². The Kier molecular flexibility index (Phi) is 5.66. The fraction of sp³-hybridized carbons (Fsp3) is 0.0526. The van der Waals surface area contributed by atoms with E-state index in [0.29, 0.717) is 15.8 Å². The Hall–Kier alpha value is -3.00. The van der Waals surface area contributed by atoms with Gasteiger partial charge >= 0.3 is 5.97 Å². The van der Waals surface area contributed by atoms with Gasteiger partial charge < -0.3 is 14.5 Å². The summed E-state index contributed by atoms with van der Waals surface area (Å²) in [4.78, 5) is 23.8. The minimum absolute atomic E-state index is 0.0316. The highest BCUT2D eigenvalue weighted by Gasteiger charge is 2.16. The van der Waals surface area contributed by atoms with Crippen LogP contribution in [0.5, 0.6) is 0 Å². The molecule has 0 spiro atoms. The normalized spacial score (nSPS) is 10.5. The lowest BCUT2D eigenvalue weighted by molar-refractivity contribution is -0.119. The molecule has 0 saturated heterocycles. The number of anilines is 1. The van der Waals surface area contributed by atoms with Crippen molar-refractivity contribution < 1.29 is 27.5 Å². The van der Waals surface area contributed by atoms with Crippen LogP contribution in [0.3, 0.4) is 0 Å². The van der Waals surface area contributed by atoms with Crippen molar-refractivity contribution in [1.82, 2.24) is 0 Å². The van der Waals surface area contributed by atoms with E-state index in [1.807, 2.05) is 0 Å². The minimum Gasteiger partial charge on any atom is -0.450 e. The first-order valence-electron chi connectivity index (χ1n) is 7.70. The molecule has 2 aromatic carbocycles. The number of nitrogens with one attached hydrogen (secondary N) is 1. The van der Waals surface area contributed by atoms with Gasteiger partial charge in [0.2, 0.25) is 5.76 Å². The number of carbonyl (C=O) groups is 2. The molecule has 3 rings (SSSR count). The molecule has 0 unspecified atom stereocenters. The van der Waals surface area contributed by atoms with Gasteiger partial charge in [0.15, 0.2) is 6.61 Å². The maximum absolute atomic E-state index is 13.7. The number of hydrogen-bond acceptors (Lipinski definition) is 4. The van der Waals surface area contributed by atoms with Gasteiger partial charge in [0.25, 0.3) is 5.91 Å². The average molecular weight is 436 g/mol. The molecule has 138 valence electrons. The van der Waals surface area contributed by atoms with Crippen molar-refractivity contribution in [2.45, 2.75) is 0 Å². The van der Waals surface area contributed by atoms with E-state index < -0.39 is 30.1 Å². The number of rotatable bonds is 5. The third kappa shape index (κ3) is 4.79. The smallest absolute Gasteiger partial charge is 0.374 e. The fourth-order valence-corrected chi connectivity index (χ4v) is 2.53. The molecule has 5 nitrogen and oxygen atoms in total. The van der Waals surface area contributed by atoms with Crippen LogP contribution in [0.15, 0.2) is 63.5 Å². The molecule has 0 aliphatic rings. The maximum atomic E-state index is 13.7. The summed E-state index contributed by atoms with van der Waals surface area (Å²) >= 11 is 3.11. The lowest BCUT2D eigenvalue weighted by Gasteiger charge is -2.07. The van der Waals surface area contributed by atoms with E-state index in [4.69, 9.17) is 9.15 Å². The van der Waals surface area contributed by atoms with Gasteiger partial charge in [-0.1, -0.05) is 15.9 Å². The zero-order valence-corrected chi connectivity index (χ0v) is 15.3. The summed E-state index contributed by atoms with van der Waals surface area (Å²) in [5.41, 5.74) is 0.551. The van der Waals surface area contributed by atoms with Gasteiger partial charge in [0.05, 0.1) is 5.69 Å². The summed E-state index contributed by atoms with van der Waals surface area (Å²) < 4.78 is 37.4. The van der Waals surface area contributed by atoms with Crippen molar-refractivity contribution in [3.05, 3.63) is 76.5 Å². The predicted molar refractivity (Wildman–Crippen MR) is 97.1 cm³/mol. The third-order valence-electron chi connectivity index (χ3n) is 3.48. The molecule has 0 aliphatic carbocycles. The summed E-state index contributed by atoms with van der Waals surface area (Å²) in [6.45, 7) is -0.610. The Bertz CT molecular complexity index is 986. The first-order valence-corrected chi connectivity index (χ1v) is 8.49. The minimum atomic E-state index is -0.852. The molecule has 3 aromatic rings. The van der Waals surface area contributed by atoms with Crippen LogP contribution in [0.1, 0.15) is 10.6 Å². The summed E-state index contributed by atoms with van der Waals surface area (Å²) in [7, 11) is 0. The third-order valence-corrected chi connectivity index (χ3v) is 3.97. The highest BCUT2D eigenvalue weighted by atomic mass is 79.9. The molecule has 1 N–H and O–H groups in total. The molecular formula is C19H12BrF2NO4. The largest absolute Gasteiger partial charge is 0.450 e.